The van der Waals surface area contributed by atoms with Crippen LogP contribution in [0.1, 0.15) is 53.4 Å². The van der Waals surface area contributed by atoms with Crippen LogP contribution in [0.3, 0.4) is 0 Å². The number of Topliss-reactive ketones (excluding diaryl/α,β-unsaturated/α-hetero) is 1. The van der Waals surface area contributed by atoms with Gasteiger partial charge in [0, 0.05) is 5.92 Å². The number of allylic oxidation sites excluding steroid dienone is 5. The van der Waals surface area contributed by atoms with Gasteiger partial charge in [-0.25, -0.2) is 0 Å². The third-order valence-corrected chi connectivity index (χ3v) is 3.34. The Morgan fingerprint density at radius 1 is 1.33 bits per heavy atom. The second-order valence-corrected chi connectivity index (χ2v) is 4.89. The van der Waals surface area contributed by atoms with Crippen molar-refractivity contribution < 1.29 is 4.79 Å². The first-order valence-corrected chi connectivity index (χ1v) is 7.04. The van der Waals surface area contributed by atoms with Crippen molar-refractivity contribution in [2.24, 2.45) is 11.8 Å². The molecule has 0 bridgehead atoms. The molecular weight excluding hydrogens is 220 g/mol. The van der Waals surface area contributed by atoms with E-state index in [0.717, 1.165) is 25.7 Å². The van der Waals surface area contributed by atoms with Crippen molar-refractivity contribution in [1.82, 2.24) is 0 Å². The van der Waals surface area contributed by atoms with Crippen LogP contribution in [0.25, 0.3) is 0 Å². The Hall–Kier alpha value is -1.11. The number of hydrogen-bond donors (Lipinski definition) is 0. The van der Waals surface area contributed by atoms with Gasteiger partial charge in [-0.2, -0.15) is 0 Å². The van der Waals surface area contributed by atoms with E-state index in [1.54, 1.807) is 6.92 Å². The van der Waals surface area contributed by atoms with Crippen LogP contribution in [-0.4, -0.2) is 5.78 Å². The van der Waals surface area contributed by atoms with Gasteiger partial charge in [0.2, 0.25) is 0 Å². The van der Waals surface area contributed by atoms with Crippen molar-refractivity contribution in [1.29, 1.82) is 0 Å². The lowest BCUT2D eigenvalue weighted by Gasteiger charge is -2.18. The molecule has 0 amide bonds. The molecule has 0 saturated carbocycles. The summed E-state index contributed by atoms with van der Waals surface area (Å²) in [5, 5.41) is 0. The molecule has 0 spiro atoms. The molecule has 0 aliphatic carbocycles. The molecule has 0 aromatic rings. The minimum Gasteiger partial charge on any atom is -0.300 e. The van der Waals surface area contributed by atoms with Gasteiger partial charge in [-0.1, -0.05) is 45.1 Å². The van der Waals surface area contributed by atoms with Gasteiger partial charge in [0.1, 0.15) is 5.78 Å². The third-order valence-electron chi connectivity index (χ3n) is 3.34. The minimum absolute atomic E-state index is 0.196. The normalized spacial score (nSPS) is 15.7. The number of carbonyl (C=O) groups excluding carboxylic acids is 1. The van der Waals surface area contributed by atoms with Crippen molar-refractivity contribution in [2.75, 3.05) is 0 Å². The molecule has 0 N–H and O–H groups in total. The van der Waals surface area contributed by atoms with Gasteiger partial charge in [-0.3, -0.25) is 4.79 Å². The van der Waals surface area contributed by atoms with Gasteiger partial charge in [-0.15, -0.1) is 6.58 Å². The molecule has 0 aliphatic rings. The van der Waals surface area contributed by atoms with E-state index < -0.39 is 0 Å². The predicted molar refractivity (Wildman–Crippen MR) is 80.6 cm³/mol. The molecule has 1 nitrogen and oxygen atoms in total. The molecule has 0 rings (SSSR count). The van der Waals surface area contributed by atoms with E-state index in [4.69, 9.17) is 0 Å². The zero-order chi connectivity index (χ0) is 14.0. The molecule has 0 heterocycles. The average molecular weight is 248 g/mol. The first-order valence-electron chi connectivity index (χ1n) is 7.04. The fourth-order valence-corrected chi connectivity index (χ4v) is 2.09. The Morgan fingerprint density at radius 3 is 2.44 bits per heavy atom. The maximum atomic E-state index is 11.5. The molecule has 0 aromatic heterocycles. The van der Waals surface area contributed by atoms with Gasteiger partial charge in [-0.05, 0) is 44.1 Å². The number of ketones is 1. The van der Waals surface area contributed by atoms with Crippen LogP contribution in [0.4, 0.5) is 0 Å². The Morgan fingerprint density at radius 2 is 2.00 bits per heavy atom. The van der Waals surface area contributed by atoms with E-state index in [2.05, 4.69) is 45.6 Å². The Balaban J connectivity index is 4.73. The quantitative estimate of drug-likeness (QED) is 0.410. The second kappa shape index (κ2) is 9.87. The first-order chi connectivity index (χ1) is 8.56. The maximum Gasteiger partial charge on any atom is 0.132 e. The van der Waals surface area contributed by atoms with Crippen LogP contribution in [0.15, 0.2) is 36.5 Å². The van der Waals surface area contributed by atoms with E-state index in [1.807, 2.05) is 6.08 Å². The maximum absolute atomic E-state index is 11.5. The van der Waals surface area contributed by atoms with Crippen molar-refractivity contribution in [2.45, 2.75) is 53.4 Å². The summed E-state index contributed by atoms with van der Waals surface area (Å²) < 4.78 is 0. The monoisotopic (exact) mass is 248 g/mol. The first kappa shape index (κ1) is 16.9. The summed E-state index contributed by atoms with van der Waals surface area (Å²) in [4.78, 5) is 11.5. The lowest BCUT2D eigenvalue weighted by atomic mass is 9.86. The summed E-state index contributed by atoms with van der Waals surface area (Å²) in [6.45, 7) is 11.9. The van der Waals surface area contributed by atoms with E-state index in [-0.39, 0.29) is 5.92 Å². The Bertz CT molecular complexity index is 310. The van der Waals surface area contributed by atoms with Gasteiger partial charge in [0.05, 0.1) is 0 Å². The van der Waals surface area contributed by atoms with Crippen LogP contribution in [0.2, 0.25) is 0 Å². The number of hydrogen-bond acceptors (Lipinski definition) is 1. The molecule has 0 aromatic carbocycles. The van der Waals surface area contributed by atoms with Crippen molar-refractivity contribution >= 4 is 5.78 Å². The summed E-state index contributed by atoms with van der Waals surface area (Å²) in [6.07, 6.45) is 12.3. The molecule has 2 unspecified atom stereocenters. The van der Waals surface area contributed by atoms with Crippen LogP contribution in [-0.2, 0) is 4.79 Å². The molecular formula is C17H28O. The van der Waals surface area contributed by atoms with Crippen LogP contribution in [0.5, 0.6) is 0 Å². The second-order valence-electron chi connectivity index (χ2n) is 4.89. The molecule has 18 heavy (non-hydrogen) atoms. The van der Waals surface area contributed by atoms with Gasteiger partial charge < -0.3 is 0 Å². The molecule has 0 saturated heterocycles. The van der Waals surface area contributed by atoms with Crippen LogP contribution >= 0.6 is 0 Å². The Kier molecular flexibility index (Phi) is 9.26. The summed E-state index contributed by atoms with van der Waals surface area (Å²) in [5.41, 5.74) is 1.33. The third kappa shape index (κ3) is 6.58. The summed E-state index contributed by atoms with van der Waals surface area (Å²) in [6, 6.07) is 0. The van der Waals surface area contributed by atoms with E-state index in [1.165, 1.54) is 5.57 Å². The lowest BCUT2D eigenvalue weighted by Crippen LogP contribution is -2.14. The summed E-state index contributed by atoms with van der Waals surface area (Å²) in [5.74, 6) is 0.940. The smallest absolute Gasteiger partial charge is 0.132 e. The van der Waals surface area contributed by atoms with E-state index in [0.29, 0.717) is 11.7 Å². The Labute approximate surface area is 113 Å². The highest BCUT2D eigenvalue weighted by Gasteiger charge is 2.17. The van der Waals surface area contributed by atoms with E-state index >= 15 is 0 Å². The van der Waals surface area contributed by atoms with Gasteiger partial charge >= 0.3 is 0 Å². The molecule has 1 heteroatoms. The highest BCUT2D eigenvalue weighted by atomic mass is 16.1. The van der Waals surface area contributed by atoms with Crippen molar-refractivity contribution in [3.63, 3.8) is 0 Å². The summed E-state index contributed by atoms with van der Waals surface area (Å²) >= 11 is 0. The number of rotatable bonds is 9. The predicted octanol–water partition coefficient (Wildman–Crippen LogP) is 5.10. The fourth-order valence-electron chi connectivity index (χ4n) is 2.09. The molecule has 0 fully saturated rings. The molecule has 0 aliphatic heterocycles. The van der Waals surface area contributed by atoms with Crippen LogP contribution < -0.4 is 0 Å². The minimum atomic E-state index is 0.196. The zero-order valence-corrected chi connectivity index (χ0v) is 12.4. The summed E-state index contributed by atoms with van der Waals surface area (Å²) in [7, 11) is 0. The largest absolute Gasteiger partial charge is 0.300 e. The molecule has 2 atom stereocenters. The standard InChI is InChI=1S/C17H28O/c1-6-9-11-17(12-10-7-2)14(4)13-16(8-3)15(5)18/h6,10-12,14,16H,1,7-9,13H2,2-5H3/b12-10+,17-11+. The van der Waals surface area contributed by atoms with Crippen LogP contribution in [0, 0.1) is 11.8 Å². The van der Waals surface area contributed by atoms with E-state index in [9.17, 15) is 4.79 Å². The lowest BCUT2D eigenvalue weighted by molar-refractivity contribution is -0.121. The average Bonchev–Trinajstić information content (AvgIpc) is 2.35. The van der Waals surface area contributed by atoms with Gasteiger partial charge in [0.15, 0.2) is 0 Å². The topological polar surface area (TPSA) is 17.1 Å². The van der Waals surface area contributed by atoms with Gasteiger partial charge in [0.25, 0.3) is 0 Å². The fraction of sp³-hybridized carbons (Fsp3) is 0.588. The SMILES string of the molecule is C=CC/C=C(\C=C\CC)C(C)CC(CC)C(C)=O. The highest BCUT2D eigenvalue weighted by Crippen LogP contribution is 2.24. The van der Waals surface area contributed by atoms with Crippen molar-refractivity contribution in [3.05, 3.63) is 36.5 Å². The van der Waals surface area contributed by atoms with Crippen molar-refractivity contribution in [3.8, 4) is 0 Å². The molecule has 102 valence electrons. The molecule has 0 radical (unpaired) electrons. The number of carbonyl (C=O) groups is 1. The zero-order valence-electron chi connectivity index (χ0n) is 12.4. The highest BCUT2D eigenvalue weighted by molar-refractivity contribution is 5.78.